The fourth-order valence-corrected chi connectivity index (χ4v) is 1.99. The minimum absolute atomic E-state index is 0.374. The molecule has 78 valence electrons. The van der Waals surface area contributed by atoms with Gasteiger partial charge in [0.2, 0.25) is 0 Å². The minimum Gasteiger partial charge on any atom is -0.364 e. The van der Waals surface area contributed by atoms with E-state index in [2.05, 4.69) is 10.5 Å². The van der Waals surface area contributed by atoms with Gasteiger partial charge in [-0.05, 0) is 19.3 Å². The van der Waals surface area contributed by atoms with Crippen molar-refractivity contribution in [1.82, 2.24) is 10.5 Å². The van der Waals surface area contributed by atoms with Gasteiger partial charge in [-0.25, -0.2) is 0 Å². The zero-order valence-electron chi connectivity index (χ0n) is 8.28. The molecule has 0 saturated heterocycles. The van der Waals surface area contributed by atoms with Gasteiger partial charge in [-0.2, -0.15) is 0 Å². The number of hydrogen-bond donors (Lipinski definition) is 2. The molecular weight excluding hydrogens is 178 g/mol. The molecule has 4 nitrogen and oxygen atoms in total. The summed E-state index contributed by atoms with van der Waals surface area (Å²) in [6, 6.07) is 2.81. The van der Waals surface area contributed by atoms with Crippen molar-refractivity contribution in [1.29, 1.82) is 0 Å². The van der Waals surface area contributed by atoms with Crippen LogP contribution in [-0.2, 0) is 6.54 Å². The van der Waals surface area contributed by atoms with E-state index in [9.17, 15) is 0 Å². The van der Waals surface area contributed by atoms with Gasteiger partial charge in [0.15, 0.2) is 0 Å². The molecule has 1 heterocycles. The Morgan fingerprint density at radius 2 is 2.50 bits per heavy atom. The molecule has 2 unspecified atom stereocenters. The first kappa shape index (κ1) is 9.68. The van der Waals surface area contributed by atoms with E-state index in [0.29, 0.717) is 12.1 Å². The Bertz CT molecular complexity index is 260. The van der Waals surface area contributed by atoms with Crippen LogP contribution in [0.5, 0.6) is 0 Å². The van der Waals surface area contributed by atoms with Gasteiger partial charge in [0, 0.05) is 24.7 Å². The van der Waals surface area contributed by atoms with Gasteiger partial charge in [0.25, 0.3) is 0 Å². The van der Waals surface area contributed by atoms with Crippen molar-refractivity contribution in [2.24, 2.45) is 5.73 Å². The average molecular weight is 195 g/mol. The van der Waals surface area contributed by atoms with Crippen molar-refractivity contribution >= 4 is 0 Å². The van der Waals surface area contributed by atoms with Crippen molar-refractivity contribution < 1.29 is 4.52 Å². The summed E-state index contributed by atoms with van der Waals surface area (Å²) in [4.78, 5) is 0. The lowest BCUT2D eigenvalue weighted by Crippen LogP contribution is -2.39. The van der Waals surface area contributed by atoms with E-state index < -0.39 is 0 Å². The third-order valence-electron chi connectivity index (χ3n) is 2.78. The molecule has 1 aromatic rings. The summed E-state index contributed by atoms with van der Waals surface area (Å²) in [6.45, 7) is 0.786. The maximum atomic E-state index is 5.90. The third-order valence-corrected chi connectivity index (χ3v) is 2.78. The molecule has 0 aliphatic heterocycles. The first-order valence-corrected chi connectivity index (χ1v) is 5.23. The first-order chi connectivity index (χ1) is 6.84. The largest absolute Gasteiger partial charge is 0.364 e. The summed E-state index contributed by atoms with van der Waals surface area (Å²) in [6.07, 6.45) is 6.31. The normalized spacial score (nSPS) is 27.8. The molecule has 1 aromatic heterocycles. The molecule has 0 aromatic carbocycles. The number of nitrogens with two attached hydrogens (primary N) is 1. The Morgan fingerprint density at radius 1 is 1.57 bits per heavy atom. The monoisotopic (exact) mass is 195 g/mol. The Morgan fingerprint density at radius 3 is 3.21 bits per heavy atom. The van der Waals surface area contributed by atoms with Crippen LogP contribution in [0.3, 0.4) is 0 Å². The van der Waals surface area contributed by atoms with E-state index >= 15 is 0 Å². The summed E-state index contributed by atoms with van der Waals surface area (Å²) < 4.78 is 4.76. The standard InChI is InChI=1S/C10H17N3O/c11-8-2-1-3-9(6-8)12-7-10-4-5-14-13-10/h4-5,8-9,12H,1-3,6-7,11H2. The second-order valence-corrected chi connectivity index (χ2v) is 4.00. The number of aromatic nitrogens is 1. The number of nitrogens with one attached hydrogen (secondary N) is 1. The second kappa shape index (κ2) is 4.57. The molecule has 4 heteroatoms. The quantitative estimate of drug-likeness (QED) is 0.756. The van der Waals surface area contributed by atoms with Crippen LogP contribution in [0.2, 0.25) is 0 Å². The van der Waals surface area contributed by atoms with Crippen LogP contribution < -0.4 is 11.1 Å². The molecule has 0 spiro atoms. The fraction of sp³-hybridized carbons (Fsp3) is 0.700. The lowest BCUT2D eigenvalue weighted by Gasteiger charge is -2.27. The second-order valence-electron chi connectivity index (χ2n) is 4.00. The molecular formula is C10H17N3O. The Balaban J connectivity index is 1.75. The number of rotatable bonds is 3. The van der Waals surface area contributed by atoms with Crippen LogP contribution in [0, 0.1) is 0 Å². The molecule has 1 aliphatic carbocycles. The van der Waals surface area contributed by atoms with Gasteiger partial charge in [0.05, 0.1) is 5.69 Å². The van der Waals surface area contributed by atoms with Crippen LogP contribution in [-0.4, -0.2) is 17.2 Å². The van der Waals surface area contributed by atoms with Crippen molar-refractivity contribution in [3.63, 3.8) is 0 Å². The molecule has 2 rings (SSSR count). The molecule has 2 atom stereocenters. The van der Waals surface area contributed by atoms with Crippen LogP contribution in [0.25, 0.3) is 0 Å². The van der Waals surface area contributed by atoms with Gasteiger partial charge in [-0.3, -0.25) is 0 Å². The van der Waals surface area contributed by atoms with Gasteiger partial charge < -0.3 is 15.6 Å². The van der Waals surface area contributed by atoms with E-state index in [1.165, 1.54) is 19.3 Å². The lowest BCUT2D eigenvalue weighted by molar-refractivity contribution is 0.333. The maximum absolute atomic E-state index is 5.90. The highest BCUT2D eigenvalue weighted by Crippen LogP contribution is 2.17. The fourth-order valence-electron chi connectivity index (χ4n) is 1.99. The van der Waals surface area contributed by atoms with E-state index in [-0.39, 0.29) is 0 Å². The Hall–Kier alpha value is -0.870. The highest BCUT2D eigenvalue weighted by atomic mass is 16.5. The molecule has 3 N–H and O–H groups in total. The van der Waals surface area contributed by atoms with E-state index in [4.69, 9.17) is 10.3 Å². The molecule has 0 radical (unpaired) electrons. The van der Waals surface area contributed by atoms with E-state index in [1.807, 2.05) is 6.07 Å². The Labute approximate surface area is 83.8 Å². The predicted octanol–water partition coefficient (Wildman–Crippen LogP) is 1.03. The van der Waals surface area contributed by atoms with Crippen LogP contribution >= 0.6 is 0 Å². The van der Waals surface area contributed by atoms with Crippen LogP contribution in [0.15, 0.2) is 16.9 Å². The van der Waals surface area contributed by atoms with Crippen LogP contribution in [0.4, 0.5) is 0 Å². The van der Waals surface area contributed by atoms with E-state index in [1.54, 1.807) is 6.26 Å². The molecule has 1 saturated carbocycles. The average Bonchev–Trinajstić information content (AvgIpc) is 2.67. The number of nitrogens with zero attached hydrogens (tertiary/aromatic N) is 1. The predicted molar refractivity (Wildman–Crippen MR) is 53.6 cm³/mol. The van der Waals surface area contributed by atoms with Crippen LogP contribution in [0.1, 0.15) is 31.4 Å². The van der Waals surface area contributed by atoms with Crippen molar-refractivity contribution in [3.8, 4) is 0 Å². The summed E-state index contributed by atoms with van der Waals surface area (Å²) in [7, 11) is 0. The maximum Gasteiger partial charge on any atom is 0.124 e. The summed E-state index contributed by atoms with van der Waals surface area (Å²) in [5, 5.41) is 7.30. The highest BCUT2D eigenvalue weighted by Gasteiger charge is 2.18. The van der Waals surface area contributed by atoms with Gasteiger partial charge in [-0.1, -0.05) is 11.6 Å². The summed E-state index contributed by atoms with van der Waals surface area (Å²) in [5.41, 5.74) is 6.86. The van der Waals surface area contributed by atoms with Crippen molar-refractivity contribution in [2.75, 3.05) is 0 Å². The third kappa shape index (κ3) is 2.56. The lowest BCUT2D eigenvalue weighted by atomic mass is 9.91. The summed E-state index contributed by atoms with van der Waals surface area (Å²) >= 11 is 0. The smallest absolute Gasteiger partial charge is 0.124 e. The van der Waals surface area contributed by atoms with Gasteiger partial charge in [-0.15, -0.1) is 0 Å². The first-order valence-electron chi connectivity index (χ1n) is 5.23. The highest BCUT2D eigenvalue weighted by molar-refractivity contribution is 4.95. The minimum atomic E-state index is 0.374. The molecule has 1 aliphatic rings. The van der Waals surface area contributed by atoms with Gasteiger partial charge in [0.1, 0.15) is 6.26 Å². The number of hydrogen-bond acceptors (Lipinski definition) is 4. The molecule has 14 heavy (non-hydrogen) atoms. The summed E-state index contributed by atoms with van der Waals surface area (Å²) in [5.74, 6) is 0. The molecule has 0 amide bonds. The molecule has 0 bridgehead atoms. The van der Waals surface area contributed by atoms with Crippen molar-refractivity contribution in [3.05, 3.63) is 18.0 Å². The SMILES string of the molecule is NC1CCCC(NCc2ccon2)C1. The van der Waals surface area contributed by atoms with E-state index in [0.717, 1.165) is 18.7 Å². The zero-order chi connectivity index (χ0) is 9.80. The molecule has 1 fully saturated rings. The Kier molecular flexibility index (Phi) is 3.16. The van der Waals surface area contributed by atoms with Gasteiger partial charge >= 0.3 is 0 Å². The topological polar surface area (TPSA) is 64.1 Å². The zero-order valence-corrected chi connectivity index (χ0v) is 8.28. The van der Waals surface area contributed by atoms with Crippen molar-refractivity contribution in [2.45, 2.75) is 44.3 Å².